The van der Waals surface area contributed by atoms with E-state index in [0.717, 1.165) is 5.56 Å². The minimum Gasteiger partial charge on any atom is -0.508 e. The van der Waals surface area contributed by atoms with Gasteiger partial charge >= 0.3 is 0 Å². The van der Waals surface area contributed by atoms with Crippen LogP contribution in [-0.4, -0.2) is 22.9 Å². The molecule has 1 rings (SSSR count). The van der Waals surface area contributed by atoms with Crippen LogP contribution >= 0.6 is 0 Å². The first-order chi connectivity index (χ1) is 6.63. The molecule has 0 bridgehead atoms. The van der Waals surface area contributed by atoms with E-state index in [1.54, 1.807) is 12.1 Å². The Morgan fingerprint density at radius 3 is 2.29 bits per heavy atom. The summed E-state index contributed by atoms with van der Waals surface area (Å²) in [4.78, 5) is 0. The molecular formula is C11H17NO2. The van der Waals surface area contributed by atoms with Crippen LogP contribution in [0.25, 0.3) is 0 Å². The number of aliphatic hydroxyl groups excluding tert-OH is 1. The third-order valence-electron chi connectivity index (χ3n) is 2.20. The molecule has 0 aliphatic carbocycles. The average Bonchev–Trinajstić information content (AvgIpc) is 2.18. The van der Waals surface area contributed by atoms with Crippen LogP contribution in [0.4, 0.5) is 0 Å². The van der Waals surface area contributed by atoms with E-state index in [4.69, 9.17) is 10.2 Å². The van der Waals surface area contributed by atoms with Gasteiger partial charge < -0.3 is 15.5 Å². The summed E-state index contributed by atoms with van der Waals surface area (Å²) in [5.74, 6) is 0.274. The topological polar surface area (TPSA) is 52.5 Å². The van der Waals surface area contributed by atoms with Gasteiger partial charge in [-0.25, -0.2) is 0 Å². The van der Waals surface area contributed by atoms with E-state index in [1.807, 2.05) is 26.0 Å². The lowest BCUT2D eigenvalue weighted by molar-refractivity contribution is 0.243. The maximum Gasteiger partial charge on any atom is 0.115 e. The second-order valence-corrected chi connectivity index (χ2v) is 3.56. The number of aromatic hydroxyl groups is 1. The Morgan fingerprint density at radius 2 is 1.79 bits per heavy atom. The van der Waals surface area contributed by atoms with Crippen LogP contribution in [0, 0.1) is 0 Å². The number of phenols is 1. The highest BCUT2D eigenvalue weighted by Crippen LogP contribution is 2.16. The molecule has 0 aliphatic heterocycles. The highest BCUT2D eigenvalue weighted by Gasteiger charge is 2.07. The molecule has 0 radical (unpaired) electrons. The lowest BCUT2D eigenvalue weighted by atomic mass is 10.1. The third kappa shape index (κ3) is 3.01. The van der Waals surface area contributed by atoms with E-state index in [2.05, 4.69) is 5.32 Å². The highest BCUT2D eigenvalue weighted by atomic mass is 16.3. The van der Waals surface area contributed by atoms with Crippen molar-refractivity contribution in [2.75, 3.05) is 6.61 Å². The predicted molar refractivity (Wildman–Crippen MR) is 56.2 cm³/mol. The van der Waals surface area contributed by atoms with Crippen molar-refractivity contribution in [3.05, 3.63) is 29.8 Å². The number of hydrogen-bond acceptors (Lipinski definition) is 3. The summed E-state index contributed by atoms with van der Waals surface area (Å²) >= 11 is 0. The number of nitrogens with one attached hydrogen (secondary N) is 1. The molecule has 0 fully saturated rings. The van der Waals surface area contributed by atoms with Gasteiger partial charge in [0.25, 0.3) is 0 Å². The van der Waals surface area contributed by atoms with Crippen molar-refractivity contribution in [2.24, 2.45) is 0 Å². The van der Waals surface area contributed by atoms with Gasteiger partial charge in [-0.15, -0.1) is 0 Å². The number of aliphatic hydroxyl groups is 1. The van der Waals surface area contributed by atoms with Crippen LogP contribution < -0.4 is 5.32 Å². The van der Waals surface area contributed by atoms with Crippen LogP contribution in [-0.2, 0) is 0 Å². The quantitative estimate of drug-likeness (QED) is 0.681. The number of benzene rings is 1. The molecular weight excluding hydrogens is 178 g/mol. The molecule has 0 saturated carbocycles. The first kappa shape index (κ1) is 11.0. The molecule has 2 atom stereocenters. The van der Waals surface area contributed by atoms with Gasteiger partial charge in [0.2, 0.25) is 0 Å². The monoisotopic (exact) mass is 195 g/mol. The van der Waals surface area contributed by atoms with Crippen molar-refractivity contribution in [2.45, 2.75) is 25.9 Å². The lowest BCUT2D eigenvalue weighted by Crippen LogP contribution is -2.31. The Bertz CT molecular complexity index is 271. The van der Waals surface area contributed by atoms with E-state index >= 15 is 0 Å². The summed E-state index contributed by atoms with van der Waals surface area (Å²) in [6, 6.07) is 7.33. The molecule has 14 heavy (non-hydrogen) atoms. The Kier molecular flexibility index (Phi) is 3.92. The van der Waals surface area contributed by atoms with Crippen LogP contribution in [0.15, 0.2) is 24.3 Å². The molecule has 3 heteroatoms. The minimum atomic E-state index is 0.0822. The molecule has 1 aromatic carbocycles. The first-order valence-electron chi connectivity index (χ1n) is 4.79. The van der Waals surface area contributed by atoms with Gasteiger partial charge in [-0.1, -0.05) is 12.1 Å². The fraction of sp³-hybridized carbons (Fsp3) is 0.455. The molecule has 0 amide bonds. The fourth-order valence-corrected chi connectivity index (χ4v) is 1.34. The normalized spacial score (nSPS) is 15.1. The molecule has 0 saturated heterocycles. The van der Waals surface area contributed by atoms with Crippen molar-refractivity contribution < 1.29 is 10.2 Å². The van der Waals surface area contributed by atoms with E-state index in [1.165, 1.54) is 0 Å². The average molecular weight is 195 g/mol. The molecule has 3 N–H and O–H groups in total. The van der Waals surface area contributed by atoms with Crippen molar-refractivity contribution in [1.82, 2.24) is 5.32 Å². The third-order valence-corrected chi connectivity index (χ3v) is 2.20. The maximum absolute atomic E-state index is 9.11. The van der Waals surface area contributed by atoms with Crippen LogP contribution in [0.2, 0.25) is 0 Å². The number of rotatable bonds is 4. The molecule has 0 aromatic heterocycles. The molecule has 78 valence electrons. The summed E-state index contributed by atoms with van der Waals surface area (Å²) in [5, 5.41) is 21.2. The largest absolute Gasteiger partial charge is 0.508 e. The van der Waals surface area contributed by atoms with Crippen LogP contribution in [0.3, 0.4) is 0 Å². The SMILES string of the molecule is CC(N[C@H](C)CO)c1ccc(O)cc1. The zero-order valence-electron chi connectivity index (χ0n) is 8.57. The standard InChI is InChI=1S/C11H17NO2/c1-8(7-13)12-9(2)10-3-5-11(14)6-4-10/h3-6,8-9,12-14H,7H2,1-2H3/t8-,9?/m1/s1. The number of phenolic OH excluding ortho intramolecular Hbond substituents is 1. The minimum absolute atomic E-state index is 0.0822. The maximum atomic E-state index is 9.11. The van der Waals surface area contributed by atoms with Crippen LogP contribution in [0.1, 0.15) is 25.5 Å². The lowest BCUT2D eigenvalue weighted by Gasteiger charge is -2.18. The highest BCUT2D eigenvalue weighted by molar-refractivity contribution is 5.27. The molecule has 0 spiro atoms. The van der Waals surface area contributed by atoms with Crippen molar-refractivity contribution in [1.29, 1.82) is 0 Å². The zero-order chi connectivity index (χ0) is 10.6. The molecule has 1 unspecified atom stereocenters. The van der Waals surface area contributed by atoms with E-state index in [-0.39, 0.29) is 24.4 Å². The van der Waals surface area contributed by atoms with Gasteiger partial charge in [-0.05, 0) is 31.5 Å². The van der Waals surface area contributed by atoms with Gasteiger partial charge in [0, 0.05) is 12.1 Å². The summed E-state index contributed by atoms with van der Waals surface area (Å²) in [7, 11) is 0. The van der Waals surface area contributed by atoms with Gasteiger partial charge in [-0.3, -0.25) is 0 Å². The van der Waals surface area contributed by atoms with Gasteiger partial charge in [0.1, 0.15) is 5.75 Å². The first-order valence-corrected chi connectivity index (χ1v) is 4.79. The van der Waals surface area contributed by atoms with Crippen LogP contribution in [0.5, 0.6) is 5.75 Å². The number of hydrogen-bond donors (Lipinski definition) is 3. The zero-order valence-corrected chi connectivity index (χ0v) is 8.57. The summed E-state index contributed by atoms with van der Waals surface area (Å²) in [6.45, 7) is 4.08. The summed E-state index contributed by atoms with van der Waals surface area (Å²) in [5.41, 5.74) is 1.10. The Labute approximate surface area is 84.4 Å². The summed E-state index contributed by atoms with van der Waals surface area (Å²) in [6.07, 6.45) is 0. The Balaban J connectivity index is 2.60. The van der Waals surface area contributed by atoms with Gasteiger partial charge in [-0.2, -0.15) is 0 Å². The van der Waals surface area contributed by atoms with E-state index < -0.39 is 0 Å². The molecule has 0 heterocycles. The molecule has 0 aliphatic rings. The predicted octanol–water partition coefficient (Wildman–Crippen LogP) is 1.42. The van der Waals surface area contributed by atoms with Crippen molar-refractivity contribution in [3.8, 4) is 5.75 Å². The molecule has 1 aromatic rings. The molecule has 3 nitrogen and oxygen atoms in total. The Morgan fingerprint density at radius 1 is 1.21 bits per heavy atom. The van der Waals surface area contributed by atoms with Gasteiger partial charge in [0.15, 0.2) is 0 Å². The second-order valence-electron chi connectivity index (χ2n) is 3.56. The second kappa shape index (κ2) is 4.98. The van der Waals surface area contributed by atoms with Gasteiger partial charge in [0.05, 0.1) is 6.61 Å². The Hall–Kier alpha value is -1.06. The van der Waals surface area contributed by atoms with Crippen molar-refractivity contribution in [3.63, 3.8) is 0 Å². The smallest absolute Gasteiger partial charge is 0.115 e. The van der Waals surface area contributed by atoms with E-state index in [9.17, 15) is 0 Å². The van der Waals surface area contributed by atoms with E-state index in [0.29, 0.717) is 0 Å². The van der Waals surface area contributed by atoms with Crippen molar-refractivity contribution >= 4 is 0 Å². The summed E-state index contributed by atoms with van der Waals surface area (Å²) < 4.78 is 0. The fourth-order valence-electron chi connectivity index (χ4n) is 1.34.